The van der Waals surface area contributed by atoms with Crippen molar-refractivity contribution in [3.8, 4) is 0 Å². The third-order valence-electron chi connectivity index (χ3n) is 8.07. The average Bonchev–Trinajstić information content (AvgIpc) is 2.89. The normalized spacial score (nSPS) is 26.5. The molecule has 0 radical (unpaired) electrons. The van der Waals surface area contributed by atoms with Crippen molar-refractivity contribution in [3.63, 3.8) is 0 Å². The number of likely N-dealkylation sites (tertiary alicyclic amines) is 1. The van der Waals surface area contributed by atoms with E-state index in [1.54, 1.807) is 12.4 Å². The van der Waals surface area contributed by atoms with Gasteiger partial charge < -0.3 is 10.2 Å². The van der Waals surface area contributed by atoms with Gasteiger partial charge in [0.15, 0.2) is 0 Å². The summed E-state index contributed by atoms with van der Waals surface area (Å²) in [4.78, 5) is 35.1. The van der Waals surface area contributed by atoms with E-state index in [0.29, 0.717) is 30.8 Å². The number of carbonyl (C=O) groups excluding carboxylic acids is 2. The molecule has 6 nitrogen and oxygen atoms in total. The molecule has 4 atom stereocenters. The third-order valence-corrected chi connectivity index (χ3v) is 8.07. The highest BCUT2D eigenvalue weighted by Gasteiger charge is 2.49. The molecule has 0 spiro atoms. The molecule has 180 valence electrons. The Morgan fingerprint density at radius 1 is 1.03 bits per heavy atom. The van der Waals surface area contributed by atoms with Gasteiger partial charge in [-0.2, -0.15) is 0 Å². The standard InChI is InChI=1S/C28H36N4O2/c33-26(30-19-21-8-5-15-29-18-21)14-4-13-25-24-12-7-17-31-16-6-11-23(27(24)31)20-32(25)28(34)22-9-2-1-3-10-22/h1-3,5,8-10,15,18,23-25,27H,4,6-7,11-14,16-17,19-20H2,(H,30,33)/t23-,24+,25+,27-/m0/s1. The maximum atomic E-state index is 13.6. The number of amides is 2. The number of aromatic nitrogens is 1. The summed E-state index contributed by atoms with van der Waals surface area (Å²) in [6.45, 7) is 3.76. The van der Waals surface area contributed by atoms with Gasteiger partial charge in [0.25, 0.3) is 5.91 Å². The van der Waals surface area contributed by atoms with Crippen LogP contribution in [0.1, 0.15) is 60.9 Å². The van der Waals surface area contributed by atoms with Crippen LogP contribution in [0.5, 0.6) is 0 Å². The second-order valence-electron chi connectivity index (χ2n) is 10.2. The molecule has 0 unspecified atom stereocenters. The summed E-state index contributed by atoms with van der Waals surface area (Å²) >= 11 is 0. The molecule has 6 heteroatoms. The van der Waals surface area contributed by atoms with E-state index in [1.165, 1.54) is 38.8 Å². The van der Waals surface area contributed by atoms with Crippen LogP contribution in [0.2, 0.25) is 0 Å². The number of hydrogen-bond acceptors (Lipinski definition) is 4. The Balaban J connectivity index is 1.26. The first-order valence-electron chi connectivity index (χ1n) is 13.0. The van der Waals surface area contributed by atoms with Crippen LogP contribution in [0, 0.1) is 11.8 Å². The van der Waals surface area contributed by atoms with Gasteiger partial charge in [-0.25, -0.2) is 0 Å². The van der Waals surface area contributed by atoms with Crippen molar-refractivity contribution in [2.24, 2.45) is 11.8 Å². The minimum Gasteiger partial charge on any atom is -0.352 e. The summed E-state index contributed by atoms with van der Waals surface area (Å²) in [6.07, 6.45) is 10.6. The lowest BCUT2D eigenvalue weighted by Gasteiger charge is -2.57. The van der Waals surface area contributed by atoms with Crippen molar-refractivity contribution >= 4 is 11.8 Å². The Morgan fingerprint density at radius 3 is 2.65 bits per heavy atom. The molecule has 34 heavy (non-hydrogen) atoms. The van der Waals surface area contributed by atoms with Crippen LogP contribution in [0.3, 0.4) is 0 Å². The Labute approximate surface area is 202 Å². The number of nitrogens with zero attached hydrogens (tertiary/aromatic N) is 3. The van der Waals surface area contributed by atoms with Crippen LogP contribution < -0.4 is 5.32 Å². The molecule has 3 aliphatic rings. The van der Waals surface area contributed by atoms with Crippen LogP contribution in [0.4, 0.5) is 0 Å². The molecule has 4 heterocycles. The predicted octanol–water partition coefficient (Wildman–Crippen LogP) is 3.88. The zero-order valence-corrected chi connectivity index (χ0v) is 19.9. The lowest BCUT2D eigenvalue weighted by atomic mass is 9.69. The molecule has 1 aromatic carbocycles. The van der Waals surface area contributed by atoms with Crippen LogP contribution >= 0.6 is 0 Å². The molecule has 1 aromatic heterocycles. The van der Waals surface area contributed by atoms with E-state index in [2.05, 4.69) is 20.1 Å². The van der Waals surface area contributed by atoms with Gasteiger partial charge in [-0.1, -0.05) is 24.3 Å². The number of benzene rings is 1. The lowest BCUT2D eigenvalue weighted by molar-refractivity contribution is -0.121. The lowest BCUT2D eigenvalue weighted by Crippen LogP contribution is -2.65. The van der Waals surface area contributed by atoms with Crippen LogP contribution in [-0.4, -0.2) is 58.3 Å². The number of hydrogen-bond donors (Lipinski definition) is 1. The number of carbonyl (C=O) groups is 2. The summed E-state index contributed by atoms with van der Waals surface area (Å²) in [7, 11) is 0. The van der Waals surface area contributed by atoms with Gasteiger partial charge in [0, 0.05) is 49.6 Å². The topological polar surface area (TPSA) is 65.5 Å². The second kappa shape index (κ2) is 10.7. The van der Waals surface area contributed by atoms with Crippen LogP contribution in [0.15, 0.2) is 54.9 Å². The maximum absolute atomic E-state index is 13.6. The smallest absolute Gasteiger partial charge is 0.254 e. The van der Waals surface area contributed by atoms with Gasteiger partial charge >= 0.3 is 0 Å². The molecular weight excluding hydrogens is 424 g/mol. The van der Waals surface area contributed by atoms with Gasteiger partial charge in [-0.15, -0.1) is 0 Å². The molecule has 0 bridgehead atoms. The van der Waals surface area contributed by atoms with Crippen molar-refractivity contribution in [1.29, 1.82) is 0 Å². The van der Waals surface area contributed by atoms with Crippen molar-refractivity contribution in [3.05, 3.63) is 66.0 Å². The molecule has 0 aliphatic carbocycles. The fourth-order valence-electron chi connectivity index (χ4n) is 6.61. The minimum atomic E-state index is 0.0708. The zero-order chi connectivity index (χ0) is 23.3. The highest BCUT2D eigenvalue weighted by molar-refractivity contribution is 5.94. The van der Waals surface area contributed by atoms with E-state index >= 15 is 0 Å². The van der Waals surface area contributed by atoms with Gasteiger partial charge in [-0.05, 0) is 87.2 Å². The quantitative estimate of drug-likeness (QED) is 0.681. The summed E-state index contributed by atoms with van der Waals surface area (Å²) in [5, 5.41) is 3.02. The monoisotopic (exact) mass is 460 g/mol. The second-order valence-corrected chi connectivity index (χ2v) is 10.2. The fraction of sp³-hybridized carbons (Fsp3) is 0.536. The molecule has 1 N–H and O–H groups in total. The third kappa shape index (κ3) is 5.02. The van der Waals surface area contributed by atoms with Gasteiger partial charge in [0.05, 0.1) is 0 Å². The summed E-state index contributed by atoms with van der Waals surface area (Å²) < 4.78 is 0. The first-order chi connectivity index (χ1) is 16.7. The Morgan fingerprint density at radius 2 is 1.85 bits per heavy atom. The first-order valence-corrected chi connectivity index (χ1v) is 13.0. The van der Waals surface area contributed by atoms with Crippen molar-refractivity contribution in [2.75, 3.05) is 19.6 Å². The number of rotatable bonds is 7. The predicted molar refractivity (Wildman–Crippen MR) is 132 cm³/mol. The molecule has 2 aromatic rings. The maximum Gasteiger partial charge on any atom is 0.254 e. The summed E-state index contributed by atoms with van der Waals surface area (Å²) in [5.74, 6) is 1.32. The zero-order valence-electron chi connectivity index (χ0n) is 19.9. The highest BCUT2D eigenvalue weighted by atomic mass is 16.2. The van der Waals surface area contributed by atoms with E-state index in [4.69, 9.17) is 0 Å². The molecule has 3 saturated heterocycles. The van der Waals surface area contributed by atoms with Crippen LogP contribution in [-0.2, 0) is 11.3 Å². The highest BCUT2D eigenvalue weighted by Crippen LogP contribution is 2.43. The van der Waals surface area contributed by atoms with Gasteiger partial charge in [0.1, 0.15) is 0 Å². The largest absolute Gasteiger partial charge is 0.352 e. The number of pyridine rings is 1. The number of piperidine rings is 3. The Kier molecular flexibility index (Phi) is 7.24. The summed E-state index contributed by atoms with van der Waals surface area (Å²) in [6, 6.07) is 14.4. The van der Waals surface area contributed by atoms with Gasteiger partial charge in [-0.3, -0.25) is 19.5 Å². The Hall–Kier alpha value is -2.73. The first kappa shape index (κ1) is 23.0. The van der Waals surface area contributed by atoms with E-state index in [0.717, 1.165) is 30.5 Å². The molecular formula is C28H36N4O2. The SMILES string of the molecule is O=C(CCC[C@@H]1[C@H]2CCCN3CCC[C@@H](CN1C(=O)c1ccccc1)[C@@H]23)NCc1cccnc1. The van der Waals surface area contributed by atoms with Crippen LogP contribution in [0.25, 0.3) is 0 Å². The van der Waals surface area contributed by atoms with E-state index in [-0.39, 0.29) is 17.9 Å². The van der Waals surface area contributed by atoms with E-state index in [1.807, 2.05) is 42.5 Å². The van der Waals surface area contributed by atoms with Crippen molar-refractivity contribution in [1.82, 2.24) is 20.1 Å². The summed E-state index contributed by atoms with van der Waals surface area (Å²) in [5.41, 5.74) is 1.79. The van der Waals surface area contributed by atoms with E-state index in [9.17, 15) is 9.59 Å². The van der Waals surface area contributed by atoms with Crippen molar-refractivity contribution < 1.29 is 9.59 Å². The van der Waals surface area contributed by atoms with Crippen molar-refractivity contribution in [2.45, 2.75) is 63.6 Å². The fourth-order valence-corrected chi connectivity index (χ4v) is 6.61. The molecule has 0 saturated carbocycles. The van der Waals surface area contributed by atoms with E-state index < -0.39 is 0 Å². The Bertz CT molecular complexity index is 965. The molecule has 3 fully saturated rings. The molecule has 2 amide bonds. The minimum absolute atomic E-state index is 0.0708. The molecule has 3 aliphatic heterocycles. The molecule has 5 rings (SSSR count). The number of nitrogens with one attached hydrogen (secondary N) is 1. The van der Waals surface area contributed by atoms with Gasteiger partial charge in [0.2, 0.25) is 5.91 Å². The average molecular weight is 461 g/mol.